The zero-order valence-electron chi connectivity index (χ0n) is 17.2. The minimum atomic E-state index is -1.08. The molecule has 0 saturated heterocycles. The van der Waals surface area contributed by atoms with Crippen molar-refractivity contribution in [1.82, 2.24) is 0 Å². The zero-order valence-corrected chi connectivity index (χ0v) is 18.8. The molecule has 3 aromatic rings. The number of ether oxygens (including phenoxy) is 2. The van der Waals surface area contributed by atoms with Crippen LogP contribution < -0.4 is 14.8 Å². The van der Waals surface area contributed by atoms with E-state index >= 15 is 0 Å². The summed E-state index contributed by atoms with van der Waals surface area (Å²) in [4.78, 5) is 11.3. The van der Waals surface area contributed by atoms with E-state index in [1.54, 1.807) is 18.2 Å². The number of aromatic carboxylic acids is 1. The number of hydrogen-bond donors (Lipinski definition) is 2. The van der Waals surface area contributed by atoms with Crippen LogP contribution in [0.4, 0.5) is 5.69 Å². The summed E-state index contributed by atoms with van der Waals surface area (Å²) in [5, 5.41) is 13.0. The van der Waals surface area contributed by atoms with Crippen molar-refractivity contribution in [2.75, 3.05) is 11.9 Å². The predicted octanol–water partition coefficient (Wildman–Crippen LogP) is 6.59. The summed E-state index contributed by atoms with van der Waals surface area (Å²) in [6.07, 6.45) is 0. The molecule has 0 heterocycles. The van der Waals surface area contributed by atoms with Crippen LogP contribution in [0.5, 0.6) is 11.5 Å². The molecule has 2 N–H and O–H groups in total. The molecule has 0 saturated carbocycles. The fraction of sp³-hybridized carbons (Fsp3) is 0.208. The first-order valence-electron chi connectivity index (χ1n) is 9.78. The highest BCUT2D eigenvalue weighted by atomic mass is 35.5. The molecule has 7 heteroatoms. The highest BCUT2D eigenvalue weighted by Crippen LogP contribution is 2.37. The van der Waals surface area contributed by atoms with E-state index < -0.39 is 5.97 Å². The van der Waals surface area contributed by atoms with Crippen LogP contribution in [0.25, 0.3) is 0 Å². The van der Waals surface area contributed by atoms with E-state index in [4.69, 9.17) is 32.7 Å². The summed E-state index contributed by atoms with van der Waals surface area (Å²) in [5.41, 5.74) is 3.75. The Labute approximate surface area is 191 Å². The second-order valence-electron chi connectivity index (χ2n) is 6.91. The molecule has 5 nitrogen and oxygen atoms in total. The Bertz CT molecular complexity index is 1090. The third kappa shape index (κ3) is 5.84. The molecule has 0 aliphatic rings. The zero-order chi connectivity index (χ0) is 22.4. The first kappa shape index (κ1) is 22.8. The molecule has 0 fully saturated rings. The van der Waals surface area contributed by atoms with Crippen LogP contribution in [0.1, 0.15) is 34.0 Å². The Hall–Kier alpha value is -2.89. The standard InChI is InChI=1S/C24H23Cl2NO4/c1-3-30-22-11-16(13-27-18-8-9-20(25)19(12-18)24(28)29)10-21(26)23(22)31-14-17-7-5-4-6-15(17)2/h4-12,27H,3,13-14H2,1-2H3,(H,28,29). The Morgan fingerprint density at radius 3 is 2.52 bits per heavy atom. The molecular formula is C24H23Cl2NO4. The van der Waals surface area contributed by atoms with Gasteiger partial charge in [-0.1, -0.05) is 47.5 Å². The first-order valence-corrected chi connectivity index (χ1v) is 10.5. The number of nitrogens with one attached hydrogen (secondary N) is 1. The Morgan fingerprint density at radius 2 is 1.81 bits per heavy atom. The molecule has 162 valence electrons. The van der Waals surface area contributed by atoms with Crippen molar-refractivity contribution in [3.63, 3.8) is 0 Å². The first-order chi connectivity index (χ1) is 14.9. The third-order valence-corrected chi connectivity index (χ3v) is 5.31. The van der Waals surface area contributed by atoms with E-state index in [1.807, 2.05) is 44.2 Å². The second kappa shape index (κ2) is 10.4. The third-order valence-electron chi connectivity index (χ3n) is 4.70. The number of aryl methyl sites for hydroxylation is 1. The van der Waals surface area contributed by atoms with Gasteiger partial charge in [-0.2, -0.15) is 0 Å². The molecule has 0 atom stereocenters. The van der Waals surface area contributed by atoms with Crippen LogP contribution in [0.2, 0.25) is 10.0 Å². The SMILES string of the molecule is CCOc1cc(CNc2ccc(Cl)c(C(=O)O)c2)cc(Cl)c1OCc1ccccc1C. The van der Waals surface area contributed by atoms with Crippen LogP contribution in [-0.4, -0.2) is 17.7 Å². The molecule has 0 amide bonds. The van der Waals surface area contributed by atoms with Gasteiger partial charge < -0.3 is 19.9 Å². The summed E-state index contributed by atoms with van der Waals surface area (Å²) in [6.45, 7) is 5.19. The van der Waals surface area contributed by atoms with Crippen molar-refractivity contribution >= 4 is 34.9 Å². The lowest BCUT2D eigenvalue weighted by Crippen LogP contribution is -2.05. The van der Waals surface area contributed by atoms with Crippen LogP contribution in [-0.2, 0) is 13.2 Å². The van der Waals surface area contributed by atoms with Gasteiger partial charge in [-0.25, -0.2) is 4.79 Å². The average Bonchev–Trinajstić information content (AvgIpc) is 2.73. The molecule has 0 aliphatic heterocycles. The van der Waals surface area contributed by atoms with Gasteiger partial charge in [0.2, 0.25) is 0 Å². The molecule has 0 unspecified atom stereocenters. The van der Waals surface area contributed by atoms with Crippen molar-refractivity contribution in [3.05, 3.63) is 86.9 Å². The lowest BCUT2D eigenvalue weighted by atomic mass is 10.1. The van der Waals surface area contributed by atoms with Gasteiger partial charge >= 0.3 is 5.97 Å². The molecule has 0 aliphatic carbocycles. The molecule has 0 radical (unpaired) electrons. The number of carbonyl (C=O) groups is 1. The van der Waals surface area contributed by atoms with Crippen molar-refractivity contribution in [2.45, 2.75) is 27.0 Å². The topological polar surface area (TPSA) is 67.8 Å². The number of anilines is 1. The number of hydrogen-bond acceptors (Lipinski definition) is 4. The van der Waals surface area contributed by atoms with Crippen molar-refractivity contribution < 1.29 is 19.4 Å². The normalized spacial score (nSPS) is 10.6. The van der Waals surface area contributed by atoms with Gasteiger partial charge in [0.05, 0.1) is 22.2 Å². The molecule has 0 spiro atoms. The summed E-state index contributed by atoms with van der Waals surface area (Å²) in [5.74, 6) is -0.0247. The smallest absolute Gasteiger partial charge is 0.337 e. The van der Waals surface area contributed by atoms with E-state index in [2.05, 4.69) is 5.32 Å². The van der Waals surface area contributed by atoms with Crippen LogP contribution in [0.3, 0.4) is 0 Å². The van der Waals surface area contributed by atoms with E-state index in [9.17, 15) is 9.90 Å². The molecule has 0 bridgehead atoms. The maximum atomic E-state index is 11.3. The molecular weight excluding hydrogens is 437 g/mol. The van der Waals surface area contributed by atoms with Gasteiger partial charge in [0.1, 0.15) is 6.61 Å². The number of rotatable bonds is 9. The highest BCUT2D eigenvalue weighted by Gasteiger charge is 2.14. The summed E-state index contributed by atoms with van der Waals surface area (Å²) < 4.78 is 11.8. The lowest BCUT2D eigenvalue weighted by molar-refractivity contribution is 0.0697. The Morgan fingerprint density at radius 1 is 1.03 bits per heavy atom. The molecule has 3 rings (SSSR count). The van der Waals surface area contributed by atoms with Gasteiger partial charge in [0.15, 0.2) is 11.5 Å². The van der Waals surface area contributed by atoms with E-state index in [1.165, 1.54) is 6.07 Å². The van der Waals surface area contributed by atoms with E-state index in [0.29, 0.717) is 42.0 Å². The summed E-state index contributed by atoms with van der Waals surface area (Å²) >= 11 is 12.4. The van der Waals surface area contributed by atoms with Crippen LogP contribution in [0.15, 0.2) is 54.6 Å². The number of halogens is 2. The van der Waals surface area contributed by atoms with Gasteiger partial charge in [0.25, 0.3) is 0 Å². The summed E-state index contributed by atoms with van der Waals surface area (Å²) in [7, 11) is 0. The Balaban J connectivity index is 1.77. The van der Waals surface area contributed by atoms with Crippen molar-refractivity contribution in [3.8, 4) is 11.5 Å². The Kier molecular flexibility index (Phi) is 7.66. The fourth-order valence-electron chi connectivity index (χ4n) is 3.05. The van der Waals surface area contributed by atoms with Crippen molar-refractivity contribution in [2.24, 2.45) is 0 Å². The fourth-order valence-corrected chi connectivity index (χ4v) is 3.54. The monoisotopic (exact) mass is 459 g/mol. The highest BCUT2D eigenvalue weighted by molar-refractivity contribution is 6.33. The van der Waals surface area contributed by atoms with Crippen molar-refractivity contribution in [1.29, 1.82) is 0 Å². The van der Waals surface area contributed by atoms with Crippen LogP contribution in [0, 0.1) is 6.92 Å². The largest absolute Gasteiger partial charge is 0.490 e. The molecule has 0 aromatic heterocycles. The molecule has 3 aromatic carbocycles. The quantitative estimate of drug-likeness (QED) is 0.377. The minimum Gasteiger partial charge on any atom is -0.490 e. The number of carboxylic acid groups (broad SMARTS) is 1. The van der Waals surface area contributed by atoms with E-state index in [0.717, 1.165) is 16.7 Å². The van der Waals surface area contributed by atoms with Gasteiger partial charge in [0, 0.05) is 12.2 Å². The minimum absolute atomic E-state index is 0.0413. The predicted molar refractivity (Wildman–Crippen MR) is 124 cm³/mol. The number of benzene rings is 3. The van der Waals surface area contributed by atoms with Gasteiger partial charge in [-0.3, -0.25) is 0 Å². The van der Waals surface area contributed by atoms with Crippen LogP contribution >= 0.6 is 23.2 Å². The van der Waals surface area contributed by atoms with Gasteiger partial charge in [-0.05, 0) is 60.9 Å². The lowest BCUT2D eigenvalue weighted by Gasteiger charge is -2.16. The maximum absolute atomic E-state index is 11.3. The molecule has 31 heavy (non-hydrogen) atoms. The maximum Gasteiger partial charge on any atom is 0.337 e. The number of carboxylic acids is 1. The van der Waals surface area contributed by atoms with E-state index in [-0.39, 0.29) is 10.6 Å². The average molecular weight is 460 g/mol. The van der Waals surface area contributed by atoms with Gasteiger partial charge in [-0.15, -0.1) is 0 Å². The summed E-state index contributed by atoms with van der Waals surface area (Å²) in [6, 6.07) is 16.4. The second-order valence-corrected chi connectivity index (χ2v) is 7.72.